The molecule has 0 radical (unpaired) electrons. The molecule has 1 amide bonds. The van der Waals surface area contributed by atoms with E-state index in [1.807, 2.05) is 62.3 Å². The maximum absolute atomic E-state index is 12.9. The van der Waals surface area contributed by atoms with Gasteiger partial charge in [-0.1, -0.05) is 24.3 Å². The van der Waals surface area contributed by atoms with Gasteiger partial charge in [0.05, 0.1) is 17.1 Å². The second kappa shape index (κ2) is 7.60. The topological polar surface area (TPSA) is 83.7 Å². The Hall–Kier alpha value is -3.32. The van der Waals surface area contributed by atoms with Crippen molar-refractivity contribution in [3.63, 3.8) is 0 Å². The molecule has 1 aliphatic heterocycles. The highest BCUT2D eigenvalue weighted by Gasteiger charge is 2.21. The van der Waals surface area contributed by atoms with Crippen molar-refractivity contribution in [3.8, 4) is 11.5 Å². The molecule has 0 saturated heterocycles. The minimum absolute atomic E-state index is 0.0663. The van der Waals surface area contributed by atoms with Crippen molar-refractivity contribution in [3.05, 3.63) is 69.5 Å². The standard InChI is InChI=1S/C22H23N3O4/c1-13-5-4-6-15-16(10-20(26)24-21(13)15)22(27)23-11-17(25(2)3)14-7-8-18-19(9-14)29-12-28-18/h4-10,17H,11-12H2,1-3H3,(H,23,27)(H,24,26)/t17-/m0/s1. The van der Waals surface area contributed by atoms with Crippen molar-refractivity contribution in [1.82, 2.24) is 15.2 Å². The fraction of sp³-hybridized carbons (Fsp3) is 0.273. The summed E-state index contributed by atoms with van der Waals surface area (Å²) < 4.78 is 10.8. The van der Waals surface area contributed by atoms with E-state index in [1.165, 1.54) is 6.07 Å². The van der Waals surface area contributed by atoms with Gasteiger partial charge in [0, 0.05) is 18.0 Å². The van der Waals surface area contributed by atoms with Gasteiger partial charge >= 0.3 is 0 Å². The fourth-order valence-corrected chi connectivity index (χ4v) is 3.62. The molecule has 0 bridgehead atoms. The highest BCUT2D eigenvalue weighted by Crippen LogP contribution is 2.35. The molecule has 0 fully saturated rings. The average molecular weight is 393 g/mol. The second-order valence-electron chi connectivity index (χ2n) is 7.35. The van der Waals surface area contributed by atoms with E-state index in [2.05, 4.69) is 10.3 Å². The number of H-pyrrole nitrogens is 1. The van der Waals surface area contributed by atoms with Gasteiger partial charge in [0.1, 0.15) is 0 Å². The third-order valence-corrected chi connectivity index (χ3v) is 5.19. The number of ether oxygens (including phenoxy) is 2. The molecule has 29 heavy (non-hydrogen) atoms. The first-order valence-electron chi connectivity index (χ1n) is 9.41. The number of aromatic nitrogens is 1. The van der Waals surface area contributed by atoms with E-state index >= 15 is 0 Å². The average Bonchev–Trinajstić information content (AvgIpc) is 3.16. The van der Waals surface area contributed by atoms with Crippen molar-refractivity contribution in [2.24, 2.45) is 0 Å². The molecule has 4 rings (SSSR count). The summed E-state index contributed by atoms with van der Waals surface area (Å²) in [4.78, 5) is 29.9. The van der Waals surface area contributed by atoms with E-state index < -0.39 is 0 Å². The number of rotatable bonds is 5. The minimum Gasteiger partial charge on any atom is -0.454 e. The van der Waals surface area contributed by atoms with Crippen molar-refractivity contribution < 1.29 is 14.3 Å². The van der Waals surface area contributed by atoms with Crippen LogP contribution in [0.5, 0.6) is 11.5 Å². The van der Waals surface area contributed by atoms with E-state index in [0.717, 1.165) is 22.3 Å². The zero-order chi connectivity index (χ0) is 20.5. The molecule has 7 nitrogen and oxygen atoms in total. The summed E-state index contributed by atoms with van der Waals surface area (Å²) in [6.07, 6.45) is 0. The fourth-order valence-electron chi connectivity index (χ4n) is 3.62. The van der Waals surface area contributed by atoms with Crippen LogP contribution in [0.4, 0.5) is 0 Å². The summed E-state index contributed by atoms with van der Waals surface area (Å²) in [5, 5.41) is 3.71. The van der Waals surface area contributed by atoms with E-state index in [9.17, 15) is 9.59 Å². The van der Waals surface area contributed by atoms with E-state index in [0.29, 0.717) is 23.4 Å². The van der Waals surface area contributed by atoms with E-state index in [4.69, 9.17) is 9.47 Å². The van der Waals surface area contributed by atoms with Crippen LogP contribution in [0.2, 0.25) is 0 Å². The summed E-state index contributed by atoms with van der Waals surface area (Å²) in [5.74, 6) is 1.15. The zero-order valence-corrected chi connectivity index (χ0v) is 16.6. The van der Waals surface area contributed by atoms with Crippen LogP contribution in [0.1, 0.15) is 27.5 Å². The maximum atomic E-state index is 12.9. The zero-order valence-electron chi connectivity index (χ0n) is 16.6. The Kier molecular flexibility index (Phi) is 4.98. The summed E-state index contributed by atoms with van der Waals surface area (Å²) in [7, 11) is 3.90. The molecular weight excluding hydrogens is 370 g/mol. The molecule has 0 spiro atoms. The van der Waals surface area contributed by atoms with Crippen LogP contribution in [-0.4, -0.2) is 43.2 Å². The summed E-state index contributed by atoms with van der Waals surface area (Å²) >= 11 is 0. The lowest BCUT2D eigenvalue weighted by atomic mass is 10.0. The highest BCUT2D eigenvalue weighted by molar-refractivity contribution is 6.06. The minimum atomic E-state index is -0.295. The number of carbonyl (C=O) groups is 1. The lowest BCUT2D eigenvalue weighted by Crippen LogP contribution is -2.35. The maximum Gasteiger partial charge on any atom is 0.252 e. The van der Waals surface area contributed by atoms with Crippen LogP contribution < -0.4 is 20.3 Å². The van der Waals surface area contributed by atoms with Crippen LogP contribution in [0.15, 0.2) is 47.3 Å². The number of fused-ring (bicyclic) bond motifs is 2. The highest BCUT2D eigenvalue weighted by atomic mass is 16.7. The monoisotopic (exact) mass is 393 g/mol. The van der Waals surface area contributed by atoms with E-state index in [1.54, 1.807) is 0 Å². The molecule has 1 atom stereocenters. The van der Waals surface area contributed by atoms with Crippen LogP contribution in [-0.2, 0) is 0 Å². The summed E-state index contributed by atoms with van der Waals surface area (Å²) in [6, 6.07) is 12.7. The van der Waals surface area contributed by atoms with Crippen molar-refractivity contribution in [2.75, 3.05) is 27.4 Å². The van der Waals surface area contributed by atoms with Crippen LogP contribution in [0.25, 0.3) is 10.9 Å². The van der Waals surface area contributed by atoms with Crippen molar-refractivity contribution >= 4 is 16.8 Å². The van der Waals surface area contributed by atoms with Crippen molar-refractivity contribution in [2.45, 2.75) is 13.0 Å². The molecule has 2 aromatic carbocycles. The van der Waals surface area contributed by atoms with Crippen LogP contribution in [0, 0.1) is 6.92 Å². The smallest absolute Gasteiger partial charge is 0.252 e. The van der Waals surface area contributed by atoms with E-state index in [-0.39, 0.29) is 24.3 Å². The van der Waals surface area contributed by atoms with Gasteiger partial charge in [-0.3, -0.25) is 9.59 Å². The third kappa shape index (κ3) is 3.69. The number of aryl methyl sites for hydroxylation is 1. The predicted octanol–water partition coefficient (Wildman–Crippen LogP) is 2.60. The lowest BCUT2D eigenvalue weighted by Gasteiger charge is -2.25. The van der Waals surface area contributed by atoms with Gasteiger partial charge in [-0.25, -0.2) is 0 Å². The Morgan fingerprint density at radius 3 is 2.76 bits per heavy atom. The van der Waals surface area contributed by atoms with Gasteiger partial charge in [-0.15, -0.1) is 0 Å². The first-order valence-corrected chi connectivity index (χ1v) is 9.41. The first kappa shape index (κ1) is 19.0. The van der Waals surface area contributed by atoms with Crippen molar-refractivity contribution in [1.29, 1.82) is 0 Å². The number of pyridine rings is 1. The molecule has 3 aromatic rings. The number of para-hydroxylation sites is 1. The number of likely N-dealkylation sites (N-methyl/N-ethyl adjacent to an activating group) is 1. The Bertz CT molecular complexity index is 1140. The molecule has 2 heterocycles. The Morgan fingerprint density at radius 2 is 1.97 bits per heavy atom. The molecule has 7 heteroatoms. The first-order chi connectivity index (χ1) is 13.9. The molecule has 0 aliphatic carbocycles. The second-order valence-corrected chi connectivity index (χ2v) is 7.35. The van der Waals surface area contributed by atoms with Gasteiger partial charge in [-0.05, 0) is 44.3 Å². The number of hydrogen-bond acceptors (Lipinski definition) is 5. The molecule has 2 N–H and O–H groups in total. The molecular formula is C22H23N3O4. The molecule has 1 aliphatic rings. The quantitative estimate of drug-likeness (QED) is 0.696. The molecule has 0 saturated carbocycles. The molecule has 1 aromatic heterocycles. The largest absolute Gasteiger partial charge is 0.454 e. The number of nitrogens with one attached hydrogen (secondary N) is 2. The normalized spacial score (nSPS) is 13.7. The number of amides is 1. The third-order valence-electron chi connectivity index (χ3n) is 5.19. The van der Waals surface area contributed by atoms with Gasteiger partial charge in [0.15, 0.2) is 11.5 Å². The molecule has 150 valence electrons. The Morgan fingerprint density at radius 1 is 1.17 bits per heavy atom. The van der Waals surface area contributed by atoms with Gasteiger partial charge in [0.25, 0.3) is 5.91 Å². The predicted molar refractivity (Wildman–Crippen MR) is 111 cm³/mol. The van der Waals surface area contributed by atoms with Crippen LogP contribution in [0.3, 0.4) is 0 Å². The number of carbonyl (C=O) groups excluding carboxylic acids is 1. The number of nitrogens with zero attached hydrogens (tertiary/aromatic N) is 1. The molecule has 0 unspecified atom stereocenters. The summed E-state index contributed by atoms with van der Waals surface area (Å²) in [6.45, 7) is 2.50. The van der Waals surface area contributed by atoms with Gasteiger partial charge < -0.3 is 24.7 Å². The Balaban J connectivity index is 1.59. The van der Waals surface area contributed by atoms with Gasteiger partial charge in [-0.2, -0.15) is 0 Å². The van der Waals surface area contributed by atoms with Crippen LogP contribution >= 0.6 is 0 Å². The number of hydrogen-bond donors (Lipinski definition) is 2. The number of aromatic amines is 1. The Labute approximate surface area is 168 Å². The SMILES string of the molecule is Cc1cccc2c(C(=O)NC[C@@H](c3ccc4c(c3)OCO4)N(C)C)cc(=O)[nH]c12. The summed E-state index contributed by atoms with van der Waals surface area (Å²) in [5.41, 5.74) is 2.68. The lowest BCUT2D eigenvalue weighted by molar-refractivity contribution is 0.0943. The number of benzene rings is 2. The van der Waals surface area contributed by atoms with Gasteiger partial charge in [0.2, 0.25) is 12.4 Å².